The normalized spacial score (nSPS) is 34.2. The van der Waals surface area contributed by atoms with E-state index in [0.717, 1.165) is 51.1 Å². The van der Waals surface area contributed by atoms with Crippen LogP contribution in [0, 0.1) is 5.92 Å². The molecule has 2 aliphatic heterocycles. The molecule has 134 valence electrons. The first-order chi connectivity index (χ1) is 10.8. The Bertz CT molecular complexity index is 388. The van der Waals surface area contributed by atoms with Gasteiger partial charge in [0.25, 0.3) is 0 Å². The van der Waals surface area contributed by atoms with Gasteiger partial charge in [-0.25, -0.2) is 0 Å². The summed E-state index contributed by atoms with van der Waals surface area (Å²) in [7, 11) is 0. The zero-order valence-electron chi connectivity index (χ0n) is 14.5. The minimum Gasteiger partial charge on any atom is -0.375 e. The van der Waals surface area contributed by atoms with Crippen molar-refractivity contribution in [3.63, 3.8) is 0 Å². The molecule has 3 fully saturated rings. The predicted octanol–water partition coefficient (Wildman–Crippen LogP) is 2.64. The summed E-state index contributed by atoms with van der Waals surface area (Å²) in [5.41, 5.74) is 0. The van der Waals surface area contributed by atoms with Crippen LogP contribution in [-0.2, 0) is 9.47 Å². The van der Waals surface area contributed by atoms with E-state index in [2.05, 4.69) is 24.1 Å². The van der Waals surface area contributed by atoms with Crippen LogP contribution in [0.25, 0.3) is 0 Å². The lowest BCUT2D eigenvalue weighted by Crippen LogP contribution is -2.53. The molecule has 1 saturated carbocycles. The molecule has 0 bridgehead atoms. The van der Waals surface area contributed by atoms with Crippen molar-refractivity contribution in [3.8, 4) is 0 Å². The Hall–Kier alpha value is -0.0800. The molecule has 2 saturated heterocycles. The Morgan fingerprint density at radius 1 is 1.22 bits per heavy atom. The number of nitrogens with zero attached hydrogens (tertiary/aromatic N) is 2. The van der Waals surface area contributed by atoms with Gasteiger partial charge in [0.05, 0.1) is 12.7 Å². The van der Waals surface area contributed by atoms with Crippen LogP contribution in [0.2, 0.25) is 0 Å². The van der Waals surface area contributed by atoms with Gasteiger partial charge in [0, 0.05) is 32.3 Å². The van der Waals surface area contributed by atoms with Gasteiger partial charge in [-0.1, -0.05) is 13.3 Å². The molecule has 0 radical (unpaired) electrons. The number of morpholine rings is 1. The fourth-order valence-electron chi connectivity index (χ4n) is 3.66. The van der Waals surface area contributed by atoms with E-state index in [1.807, 2.05) is 0 Å². The highest BCUT2D eigenvalue weighted by Crippen LogP contribution is 2.34. The van der Waals surface area contributed by atoms with E-state index in [-0.39, 0.29) is 36.2 Å². The molecule has 0 aromatic carbocycles. The average Bonchev–Trinajstić information content (AvgIpc) is 3.03. The topological polar surface area (TPSA) is 46.1 Å². The van der Waals surface area contributed by atoms with Crippen molar-refractivity contribution in [2.75, 3.05) is 32.8 Å². The molecule has 4 atom stereocenters. The van der Waals surface area contributed by atoms with E-state index in [1.54, 1.807) is 0 Å². The first-order valence-corrected chi connectivity index (χ1v) is 9.11. The van der Waals surface area contributed by atoms with Crippen LogP contribution < -0.4 is 5.32 Å². The molecule has 6 heteroatoms. The molecule has 1 aliphatic carbocycles. The number of nitrogens with one attached hydrogen (secondary N) is 1. The van der Waals surface area contributed by atoms with Crippen molar-refractivity contribution < 1.29 is 9.47 Å². The molecule has 3 rings (SSSR count). The second-order valence-corrected chi connectivity index (χ2v) is 6.74. The number of hydrogen-bond acceptors (Lipinski definition) is 3. The molecule has 0 spiro atoms. The first kappa shape index (κ1) is 19.2. The van der Waals surface area contributed by atoms with Gasteiger partial charge in [-0.05, 0) is 38.5 Å². The summed E-state index contributed by atoms with van der Waals surface area (Å²) in [4.78, 5) is 7.09. The average molecular weight is 437 g/mol. The highest BCUT2D eigenvalue weighted by Gasteiger charge is 2.38. The molecule has 4 unspecified atom stereocenters. The number of guanidine groups is 1. The van der Waals surface area contributed by atoms with Gasteiger partial charge in [0.15, 0.2) is 5.96 Å². The van der Waals surface area contributed by atoms with Crippen molar-refractivity contribution >= 4 is 29.9 Å². The van der Waals surface area contributed by atoms with Crippen molar-refractivity contribution in [2.45, 2.75) is 64.2 Å². The fraction of sp³-hybridized carbons (Fsp3) is 0.941. The maximum atomic E-state index is 5.95. The molecule has 0 amide bonds. The van der Waals surface area contributed by atoms with Gasteiger partial charge >= 0.3 is 0 Å². The van der Waals surface area contributed by atoms with Crippen molar-refractivity contribution in [1.29, 1.82) is 0 Å². The second kappa shape index (κ2) is 9.42. The Balaban J connectivity index is 0.00000192. The molecule has 23 heavy (non-hydrogen) atoms. The minimum absolute atomic E-state index is 0. The smallest absolute Gasteiger partial charge is 0.194 e. The summed E-state index contributed by atoms with van der Waals surface area (Å²) >= 11 is 0. The third-order valence-electron chi connectivity index (χ3n) is 4.98. The summed E-state index contributed by atoms with van der Waals surface area (Å²) in [6.45, 7) is 8.70. The van der Waals surface area contributed by atoms with Gasteiger partial charge in [-0.2, -0.15) is 0 Å². The standard InChI is InChI=1S/C17H31N3O2.HI/c1-3-6-13-11-14(13)19-17(18-4-2)20-8-10-22-16(12-20)15-7-5-9-21-15;/h13-16H,3-12H2,1-2H3,(H,18,19);1H. The molecular formula is C17H32IN3O2. The van der Waals surface area contributed by atoms with Gasteiger partial charge in [0.2, 0.25) is 0 Å². The van der Waals surface area contributed by atoms with Crippen LogP contribution in [0.4, 0.5) is 0 Å². The Labute approximate surface area is 157 Å². The zero-order valence-corrected chi connectivity index (χ0v) is 16.8. The SMILES string of the molecule is CCCC1CC1NC(=NCC)N1CCOC(C2CCCO2)C1.I. The van der Waals surface area contributed by atoms with Gasteiger partial charge in [-0.15, -0.1) is 24.0 Å². The molecule has 3 aliphatic rings. The maximum Gasteiger partial charge on any atom is 0.194 e. The molecule has 5 nitrogen and oxygen atoms in total. The minimum atomic E-state index is 0. The van der Waals surface area contributed by atoms with E-state index < -0.39 is 0 Å². The fourth-order valence-corrected chi connectivity index (χ4v) is 3.66. The summed E-state index contributed by atoms with van der Waals surface area (Å²) < 4.78 is 11.8. The van der Waals surface area contributed by atoms with Crippen LogP contribution >= 0.6 is 24.0 Å². The Morgan fingerprint density at radius 3 is 2.74 bits per heavy atom. The maximum absolute atomic E-state index is 5.95. The summed E-state index contributed by atoms with van der Waals surface area (Å²) in [5, 5.41) is 3.69. The third-order valence-corrected chi connectivity index (χ3v) is 4.98. The number of halogens is 1. The van der Waals surface area contributed by atoms with E-state index in [0.29, 0.717) is 6.04 Å². The molecule has 2 heterocycles. The highest BCUT2D eigenvalue weighted by molar-refractivity contribution is 14.0. The predicted molar refractivity (Wildman–Crippen MR) is 104 cm³/mol. The number of hydrogen-bond donors (Lipinski definition) is 1. The van der Waals surface area contributed by atoms with Crippen molar-refractivity contribution in [3.05, 3.63) is 0 Å². The number of rotatable bonds is 5. The van der Waals surface area contributed by atoms with E-state index >= 15 is 0 Å². The number of ether oxygens (including phenoxy) is 2. The van der Waals surface area contributed by atoms with Crippen molar-refractivity contribution in [1.82, 2.24) is 10.2 Å². The molecule has 0 aromatic rings. The number of aliphatic imine (C=N–C) groups is 1. The van der Waals surface area contributed by atoms with Crippen LogP contribution in [-0.4, -0.2) is 62.0 Å². The van der Waals surface area contributed by atoms with E-state index in [4.69, 9.17) is 14.5 Å². The highest BCUT2D eigenvalue weighted by atomic mass is 127. The lowest BCUT2D eigenvalue weighted by Gasteiger charge is -2.37. The quantitative estimate of drug-likeness (QED) is 0.408. The molecular weight excluding hydrogens is 405 g/mol. The van der Waals surface area contributed by atoms with Crippen molar-refractivity contribution in [2.24, 2.45) is 10.9 Å². The largest absolute Gasteiger partial charge is 0.375 e. The summed E-state index contributed by atoms with van der Waals surface area (Å²) in [6, 6.07) is 0.634. The summed E-state index contributed by atoms with van der Waals surface area (Å²) in [5.74, 6) is 1.93. The Morgan fingerprint density at radius 2 is 2.04 bits per heavy atom. The lowest BCUT2D eigenvalue weighted by molar-refractivity contribution is -0.0817. The van der Waals surface area contributed by atoms with E-state index in [9.17, 15) is 0 Å². The summed E-state index contributed by atoms with van der Waals surface area (Å²) in [6.07, 6.45) is 6.69. The monoisotopic (exact) mass is 437 g/mol. The lowest BCUT2D eigenvalue weighted by atomic mass is 10.1. The van der Waals surface area contributed by atoms with E-state index in [1.165, 1.54) is 25.7 Å². The zero-order chi connectivity index (χ0) is 15.4. The first-order valence-electron chi connectivity index (χ1n) is 9.11. The molecule has 0 aromatic heterocycles. The van der Waals surface area contributed by atoms with Gasteiger partial charge in [-0.3, -0.25) is 4.99 Å². The van der Waals surface area contributed by atoms with Gasteiger partial charge < -0.3 is 19.7 Å². The van der Waals surface area contributed by atoms with Crippen LogP contribution in [0.3, 0.4) is 0 Å². The third kappa shape index (κ3) is 5.19. The van der Waals surface area contributed by atoms with Gasteiger partial charge in [0.1, 0.15) is 6.10 Å². The Kier molecular flexibility index (Phi) is 7.88. The molecule has 1 N–H and O–H groups in total. The second-order valence-electron chi connectivity index (χ2n) is 6.74. The van der Waals surface area contributed by atoms with Crippen LogP contribution in [0.15, 0.2) is 4.99 Å². The van der Waals surface area contributed by atoms with Crippen LogP contribution in [0.1, 0.15) is 46.0 Å². The van der Waals surface area contributed by atoms with Crippen LogP contribution in [0.5, 0.6) is 0 Å².